The predicted molar refractivity (Wildman–Crippen MR) is 158 cm³/mol. The number of halogens is 4. The van der Waals surface area contributed by atoms with E-state index in [4.69, 9.17) is 9.41 Å². The van der Waals surface area contributed by atoms with Crippen LogP contribution in [0.4, 0.5) is 17.6 Å². The summed E-state index contributed by atoms with van der Waals surface area (Å²) in [5.74, 6) is -0.652. The van der Waals surface area contributed by atoms with Gasteiger partial charge in [0.2, 0.25) is 8.32 Å². The predicted octanol–water partition coefficient (Wildman–Crippen LogP) is 9.74. The summed E-state index contributed by atoms with van der Waals surface area (Å²) in [7, 11) is -2.18. The van der Waals surface area contributed by atoms with Gasteiger partial charge in [0.25, 0.3) is 0 Å². The zero-order valence-electron chi connectivity index (χ0n) is 25.9. The summed E-state index contributed by atoms with van der Waals surface area (Å²) in [6, 6.07) is 2.73. The largest absolute Gasteiger partial charge is 0.546 e. The molecule has 1 aromatic heterocycles. The Balaban J connectivity index is 1.94. The molecule has 4 rings (SSSR count). The number of aliphatic hydroxyl groups is 1. The minimum absolute atomic E-state index is 0.00807. The molecule has 0 unspecified atom stereocenters. The van der Waals surface area contributed by atoms with Crippen LogP contribution in [0.1, 0.15) is 125 Å². The molecule has 0 radical (unpaired) electrons. The van der Waals surface area contributed by atoms with Gasteiger partial charge in [-0.2, -0.15) is 13.2 Å². The first kappa shape index (κ1) is 31.7. The monoisotopic (exact) mass is 591 g/mol. The number of pyridine rings is 1. The summed E-state index contributed by atoms with van der Waals surface area (Å²) in [6.45, 7) is 19.5. The molecule has 1 heterocycles. The van der Waals surface area contributed by atoms with E-state index in [0.717, 1.165) is 66.8 Å². The van der Waals surface area contributed by atoms with Crippen LogP contribution in [-0.2, 0) is 23.4 Å². The number of rotatable bonds is 6. The smallest absolute Gasteiger partial charge is 0.419 e. The lowest BCUT2D eigenvalue weighted by molar-refractivity contribution is -0.140. The third kappa shape index (κ3) is 6.29. The van der Waals surface area contributed by atoms with Gasteiger partial charge in [0.1, 0.15) is 11.9 Å². The fourth-order valence-corrected chi connectivity index (χ4v) is 7.03. The van der Waals surface area contributed by atoms with Crippen LogP contribution in [0.2, 0.25) is 18.1 Å². The maximum Gasteiger partial charge on any atom is 0.419 e. The number of benzene rings is 1. The van der Waals surface area contributed by atoms with Crippen molar-refractivity contribution in [2.75, 3.05) is 0 Å². The molecule has 226 valence electrons. The standard InChI is InChI=1S/C33H45F4NO2Si/c1-19(2)29-28(30(39)20-13-14-23(24(34)17-20)33(35,36)37)27(21-15-16-32(6,7)18-25(21)38-29)22-11-10-12-26(22)40-41(8,9)31(3,4)5/h12-14,17,19,22,30,39H,10-11,15-16,18H2,1-9H3/t22-,30-/m1/s1. The number of aromatic nitrogens is 1. The number of alkyl halides is 3. The summed E-state index contributed by atoms with van der Waals surface area (Å²) < 4.78 is 61.6. The first-order valence-electron chi connectivity index (χ1n) is 14.7. The second-order valence-corrected chi connectivity index (χ2v) is 19.2. The second kappa shape index (κ2) is 10.8. The van der Waals surface area contributed by atoms with Crippen molar-refractivity contribution in [1.82, 2.24) is 4.98 Å². The third-order valence-electron chi connectivity index (χ3n) is 9.30. The number of allylic oxidation sites excluding steroid dienone is 2. The van der Waals surface area contributed by atoms with Crippen molar-refractivity contribution in [3.63, 3.8) is 0 Å². The zero-order valence-corrected chi connectivity index (χ0v) is 26.9. The number of hydrogen-bond acceptors (Lipinski definition) is 3. The van der Waals surface area contributed by atoms with Crippen molar-refractivity contribution in [3.8, 4) is 0 Å². The van der Waals surface area contributed by atoms with Crippen LogP contribution in [0.15, 0.2) is 30.0 Å². The Morgan fingerprint density at radius 2 is 1.78 bits per heavy atom. The van der Waals surface area contributed by atoms with Gasteiger partial charge in [0, 0.05) is 22.9 Å². The Hall–Kier alpha value is -2.19. The highest BCUT2D eigenvalue weighted by Crippen LogP contribution is 2.50. The van der Waals surface area contributed by atoms with Gasteiger partial charge in [-0.3, -0.25) is 4.98 Å². The van der Waals surface area contributed by atoms with E-state index < -0.39 is 32.0 Å². The summed E-state index contributed by atoms with van der Waals surface area (Å²) in [5.41, 5.74) is 3.23. The Bertz CT molecular complexity index is 1340. The van der Waals surface area contributed by atoms with Crippen LogP contribution in [0, 0.1) is 11.2 Å². The molecule has 1 N–H and O–H groups in total. The molecule has 0 spiro atoms. The van der Waals surface area contributed by atoms with Gasteiger partial charge in [0.15, 0.2) is 0 Å². The van der Waals surface area contributed by atoms with Crippen LogP contribution in [-0.4, -0.2) is 18.4 Å². The van der Waals surface area contributed by atoms with E-state index in [9.17, 15) is 22.7 Å². The Morgan fingerprint density at radius 3 is 2.34 bits per heavy atom. The van der Waals surface area contributed by atoms with E-state index in [1.165, 1.54) is 6.07 Å². The Kier molecular flexibility index (Phi) is 8.37. The molecule has 1 aromatic carbocycles. The normalized spacial score (nSPS) is 20.2. The molecular formula is C33H45F4NO2Si. The molecule has 8 heteroatoms. The van der Waals surface area contributed by atoms with Crippen LogP contribution in [0.25, 0.3) is 0 Å². The molecule has 0 aliphatic heterocycles. The van der Waals surface area contributed by atoms with Gasteiger partial charge < -0.3 is 9.53 Å². The van der Waals surface area contributed by atoms with Crippen molar-refractivity contribution >= 4 is 8.32 Å². The number of aliphatic hydroxyl groups excluding tert-OH is 1. The lowest BCUT2D eigenvalue weighted by Crippen LogP contribution is -2.41. The minimum atomic E-state index is -4.81. The van der Waals surface area contributed by atoms with E-state index in [1.807, 2.05) is 13.8 Å². The lowest BCUT2D eigenvalue weighted by Gasteiger charge is -2.40. The number of hydrogen-bond donors (Lipinski definition) is 1. The Morgan fingerprint density at radius 1 is 1.12 bits per heavy atom. The molecular weight excluding hydrogens is 546 g/mol. The van der Waals surface area contributed by atoms with Crippen molar-refractivity contribution in [3.05, 3.63) is 75.1 Å². The van der Waals surface area contributed by atoms with E-state index in [1.54, 1.807) is 0 Å². The van der Waals surface area contributed by atoms with E-state index in [0.29, 0.717) is 11.3 Å². The fraction of sp³-hybridized carbons (Fsp3) is 0.606. The third-order valence-corrected chi connectivity index (χ3v) is 13.7. The average Bonchev–Trinajstić information content (AvgIpc) is 3.27. The van der Waals surface area contributed by atoms with Crippen LogP contribution >= 0.6 is 0 Å². The average molecular weight is 592 g/mol. The molecule has 0 bridgehead atoms. The van der Waals surface area contributed by atoms with Crippen molar-refractivity contribution in [2.24, 2.45) is 5.41 Å². The number of fused-ring (bicyclic) bond motifs is 1. The van der Waals surface area contributed by atoms with E-state index in [2.05, 4.69) is 53.8 Å². The first-order chi connectivity index (χ1) is 18.7. The molecule has 0 saturated heterocycles. The van der Waals surface area contributed by atoms with E-state index in [-0.39, 0.29) is 27.9 Å². The maximum atomic E-state index is 14.7. The van der Waals surface area contributed by atoms with E-state index >= 15 is 0 Å². The summed E-state index contributed by atoms with van der Waals surface area (Å²) >= 11 is 0. The van der Waals surface area contributed by atoms with Gasteiger partial charge in [0.05, 0.1) is 11.3 Å². The first-order valence-corrected chi connectivity index (χ1v) is 17.6. The fourth-order valence-electron chi connectivity index (χ4n) is 5.91. The highest BCUT2D eigenvalue weighted by atomic mass is 28.4. The summed E-state index contributed by atoms with van der Waals surface area (Å²) in [4.78, 5) is 5.12. The molecule has 41 heavy (non-hydrogen) atoms. The molecule has 0 fully saturated rings. The highest BCUT2D eigenvalue weighted by Gasteiger charge is 2.43. The second-order valence-electron chi connectivity index (χ2n) is 14.5. The molecule has 0 amide bonds. The SMILES string of the molecule is CC(C)c1nc2c(c([C@@H]3CCC=C3O[Si](C)(C)C(C)(C)C)c1[C@H](O)c1ccc(C(F)(F)F)c(F)c1)CCC(C)(C)C2. The van der Waals surface area contributed by atoms with Crippen molar-refractivity contribution < 1.29 is 27.1 Å². The van der Waals surface area contributed by atoms with Crippen LogP contribution in [0.5, 0.6) is 0 Å². The van der Waals surface area contributed by atoms with Gasteiger partial charge in [-0.25, -0.2) is 4.39 Å². The molecule has 2 aliphatic carbocycles. The highest BCUT2D eigenvalue weighted by molar-refractivity contribution is 6.74. The van der Waals surface area contributed by atoms with Gasteiger partial charge >= 0.3 is 6.18 Å². The van der Waals surface area contributed by atoms with Gasteiger partial charge in [-0.05, 0) is 96.5 Å². The van der Waals surface area contributed by atoms with Crippen molar-refractivity contribution in [1.29, 1.82) is 0 Å². The van der Waals surface area contributed by atoms with Crippen LogP contribution < -0.4 is 0 Å². The van der Waals surface area contributed by atoms with Crippen molar-refractivity contribution in [2.45, 2.75) is 123 Å². The molecule has 2 aromatic rings. The minimum Gasteiger partial charge on any atom is -0.546 e. The van der Waals surface area contributed by atoms with Gasteiger partial charge in [-0.1, -0.05) is 54.5 Å². The zero-order chi connectivity index (χ0) is 30.7. The number of nitrogens with zero attached hydrogens (tertiary/aromatic N) is 1. The molecule has 0 saturated carbocycles. The molecule has 2 atom stereocenters. The molecule has 3 nitrogen and oxygen atoms in total. The Labute approximate surface area is 243 Å². The van der Waals surface area contributed by atoms with Gasteiger partial charge in [-0.15, -0.1) is 0 Å². The maximum absolute atomic E-state index is 14.7. The topological polar surface area (TPSA) is 42.4 Å². The summed E-state index contributed by atoms with van der Waals surface area (Å²) in [6.07, 6.45) is 0.196. The summed E-state index contributed by atoms with van der Waals surface area (Å²) in [5, 5.41) is 11.9. The quantitative estimate of drug-likeness (QED) is 0.269. The molecule has 2 aliphatic rings. The van der Waals surface area contributed by atoms with Crippen LogP contribution in [0.3, 0.4) is 0 Å². The lowest BCUT2D eigenvalue weighted by atomic mass is 9.71.